The van der Waals surface area contributed by atoms with E-state index in [9.17, 15) is 5.11 Å². The van der Waals surface area contributed by atoms with Crippen LogP contribution < -0.4 is 0 Å². The molecule has 1 saturated carbocycles. The summed E-state index contributed by atoms with van der Waals surface area (Å²) in [6.07, 6.45) is 4.94. The number of hydrogen-bond donors (Lipinski definition) is 1. The van der Waals surface area contributed by atoms with Gasteiger partial charge in [0.05, 0.1) is 12.2 Å². The summed E-state index contributed by atoms with van der Waals surface area (Å²) in [5.74, 6) is 1.33. The Morgan fingerprint density at radius 2 is 2.00 bits per heavy atom. The zero-order chi connectivity index (χ0) is 8.55. The molecule has 1 saturated heterocycles. The van der Waals surface area contributed by atoms with Crippen LogP contribution in [-0.4, -0.2) is 23.9 Å². The van der Waals surface area contributed by atoms with Gasteiger partial charge in [0, 0.05) is 6.61 Å². The molecule has 3 atom stereocenters. The third-order valence-electron chi connectivity index (χ3n) is 3.51. The van der Waals surface area contributed by atoms with Crippen molar-refractivity contribution >= 4 is 0 Å². The van der Waals surface area contributed by atoms with Gasteiger partial charge in [-0.3, -0.25) is 0 Å². The first kappa shape index (κ1) is 8.52. The maximum atomic E-state index is 9.85. The normalized spacial score (nSPS) is 44.0. The smallest absolute Gasteiger partial charge is 0.0830 e. The zero-order valence-electron chi connectivity index (χ0n) is 7.70. The molecule has 2 rings (SSSR count). The van der Waals surface area contributed by atoms with E-state index in [1.807, 2.05) is 6.92 Å². The first-order valence-electron chi connectivity index (χ1n) is 5.08. The van der Waals surface area contributed by atoms with E-state index in [4.69, 9.17) is 4.74 Å². The lowest BCUT2D eigenvalue weighted by atomic mass is 9.71. The van der Waals surface area contributed by atoms with E-state index in [1.165, 1.54) is 19.3 Å². The second kappa shape index (κ2) is 3.35. The molecule has 2 heteroatoms. The van der Waals surface area contributed by atoms with Crippen molar-refractivity contribution in [1.29, 1.82) is 0 Å². The Hall–Kier alpha value is -0.0800. The van der Waals surface area contributed by atoms with Gasteiger partial charge in [-0.25, -0.2) is 0 Å². The standard InChI is InChI=1S/C10H18O2/c1-7-10(11)9(5-6-12-7)8-3-2-4-8/h7-11H,2-6H2,1H3. The maximum Gasteiger partial charge on any atom is 0.0830 e. The fraction of sp³-hybridized carbons (Fsp3) is 1.00. The van der Waals surface area contributed by atoms with Crippen LogP contribution >= 0.6 is 0 Å². The van der Waals surface area contributed by atoms with Gasteiger partial charge < -0.3 is 9.84 Å². The molecule has 0 spiro atoms. The largest absolute Gasteiger partial charge is 0.390 e. The molecule has 0 bridgehead atoms. The third kappa shape index (κ3) is 1.38. The topological polar surface area (TPSA) is 29.5 Å². The van der Waals surface area contributed by atoms with Crippen LogP contribution in [0.15, 0.2) is 0 Å². The second-order valence-electron chi connectivity index (χ2n) is 4.21. The van der Waals surface area contributed by atoms with Gasteiger partial charge in [0.15, 0.2) is 0 Å². The Kier molecular flexibility index (Phi) is 2.37. The van der Waals surface area contributed by atoms with Crippen LogP contribution in [0.3, 0.4) is 0 Å². The van der Waals surface area contributed by atoms with Gasteiger partial charge in [-0.2, -0.15) is 0 Å². The molecule has 1 aliphatic heterocycles. The minimum absolute atomic E-state index is 0.0596. The second-order valence-corrected chi connectivity index (χ2v) is 4.21. The molecule has 2 nitrogen and oxygen atoms in total. The quantitative estimate of drug-likeness (QED) is 0.647. The number of rotatable bonds is 1. The Labute approximate surface area is 73.9 Å². The predicted octanol–water partition coefficient (Wildman–Crippen LogP) is 1.57. The summed E-state index contributed by atoms with van der Waals surface area (Å²) < 4.78 is 5.39. The summed E-state index contributed by atoms with van der Waals surface area (Å²) in [5.41, 5.74) is 0. The fourth-order valence-corrected chi connectivity index (χ4v) is 2.39. The van der Waals surface area contributed by atoms with Crippen molar-refractivity contribution in [3.05, 3.63) is 0 Å². The average molecular weight is 170 g/mol. The van der Waals surface area contributed by atoms with E-state index in [-0.39, 0.29) is 12.2 Å². The zero-order valence-corrected chi connectivity index (χ0v) is 7.70. The lowest BCUT2D eigenvalue weighted by molar-refractivity contribution is -0.118. The van der Waals surface area contributed by atoms with Gasteiger partial charge in [-0.1, -0.05) is 19.3 Å². The van der Waals surface area contributed by atoms with E-state index in [1.54, 1.807) is 0 Å². The number of aliphatic hydroxyl groups is 1. The molecule has 12 heavy (non-hydrogen) atoms. The van der Waals surface area contributed by atoms with Crippen molar-refractivity contribution in [3.63, 3.8) is 0 Å². The highest BCUT2D eigenvalue weighted by Gasteiger charge is 2.37. The van der Waals surface area contributed by atoms with Gasteiger partial charge in [-0.15, -0.1) is 0 Å². The Morgan fingerprint density at radius 1 is 1.25 bits per heavy atom. The van der Waals surface area contributed by atoms with Crippen LogP contribution in [0, 0.1) is 11.8 Å². The SMILES string of the molecule is CC1OCCC(C2CCC2)C1O. The van der Waals surface area contributed by atoms with Crippen molar-refractivity contribution in [3.8, 4) is 0 Å². The average Bonchev–Trinajstić information content (AvgIpc) is 1.95. The molecule has 0 amide bonds. The van der Waals surface area contributed by atoms with Crippen molar-refractivity contribution in [2.45, 2.75) is 44.8 Å². The monoisotopic (exact) mass is 170 g/mol. The Morgan fingerprint density at radius 3 is 2.58 bits per heavy atom. The third-order valence-corrected chi connectivity index (χ3v) is 3.51. The van der Waals surface area contributed by atoms with Crippen LogP contribution in [-0.2, 0) is 4.74 Å². The van der Waals surface area contributed by atoms with Crippen molar-refractivity contribution < 1.29 is 9.84 Å². The van der Waals surface area contributed by atoms with Gasteiger partial charge in [-0.05, 0) is 25.2 Å². The Bertz CT molecular complexity index is 154. The molecule has 3 unspecified atom stereocenters. The summed E-state index contributed by atoms with van der Waals surface area (Å²) in [4.78, 5) is 0. The summed E-state index contributed by atoms with van der Waals surface area (Å²) >= 11 is 0. The van der Waals surface area contributed by atoms with Crippen LogP contribution in [0.4, 0.5) is 0 Å². The Balaban J connectivity index is 1.93. The number of ether oxygens (including phenoxy) is 1. The molecule has 0 aromatic heterocycles. The molecular weight excluding hydrogens is 152 g/mol. The van der Waals surface area contributed by atoms with E-state index < -0.39 is 0 Å². The van der Waals surface area contributed by atoms with Crippen molar-refractivity contribution in [2.75, 3.05) is 6.61 Å². The fourth-order valence-electron chi connectivity index (χ4n) is 2.39. The van der Waals surface area contributed by atoms with Gasteiger partial charge >= 0.3 is 0 Å². The molecule has 0 aromatic rings. The number of aliphatic hydroxyl groups excluding tert-OH is 1. The van der Waals surface area contributed by atoms with E-state index in [2.05, 4.69) is 0 Å². The van der Waals surface area contributed by atoms with Crippen LogP contribution in [0.1, 0.15) is 32.6 Å². The highest BCUT2D eigenvalue weighted by atomic mass is 16.5. The summed E-state index contributed by atoms with van der Waals surface area (Å²) in [7, 11) is 0. The predicted molar refractivity (Wildman–Crippen MR) is 46.9 cm³/mol. The first-order valence-corrected chi connectivity index (χ1v) is 5.08. The highest BCUT2D eigenvalue weighted by molar-refractivity contribution is 4.87. The van der Waals surface area contributed by atoms with Crippen LogP contribution in [0.25, 0.3) is 0 Å². The molecule has 1 aliphatic carbocycles. The molecule has 70 valence electrons. The summed E-state index contributed by atoms with van der Waals surface area (Å²) in [5, 5.41) is 9.85. The van der Waals surface area contributed by atoms with E-state index in [0.29, 0.717) is 5.92 Å². The molecule has 2 fully saturated rings. The number of hydrogen-bond acceptors (Lipinski definition) is 2. The molecule has 0 aromatic carbocycles. The summed E-state index contributed by atoms with van der Waals surface area (Å²) in [6, 6.07) is 0. The minimum atomic E-state index is -0.205. The van der Waals surface area contributed by atoms with Crippen LogP contribution in [0.5, 0.6) is 0 Å². The molecular formula is C10H18O2. The molecule has 2 aliphatic rings. The lowest BCUT2D eigenvalue weighted by Gasteiger charge is -2.41. The van der Waals surface area contributed by atoms with Gasteiger partial charge in [0.2, 0.25) is 0 Å². The van der Waals surface area contributed by atoms with Crippen molar-refractivity contribution in [2.24, 2.45) is 11.8 Å². The van der Waals surface area contributed by atoms with Crippen LogP contribution in [0.2, 0.25) is 0 Å². The van der Waals surface area contributed by atoms with Crippen molar-refractivity contribution in [1.82, 2.24) is 0 Å². The maximum absolute atomic E-state index is 9.85. The first-order chi connectivity index (χ1) is 5.79. The van der Waals surface area contributed by atoms with E-state index >= 15 is 0 Å². The molecule has 1 heterocycles. The van der Waals surface area contributed by atoms with Gasteiger partial charge in [0.1, 0.15) is 0 Å². The lowest BCUT2D eigenvalue weighted by Crippen LogP contribution is -2.44. The van der Waals surface area contributed by atoms with E-state index in [0.717, 1.165) is 18.9 Å². The van der Waals surface area contributed by atoms with Gasteiger partial charge in [0.25, 0.3) is 0 Å². The highest BCUT2D eigenvalue weighted by Crippen LogP contribution is 2.39. The molecule has 1 N–H and O–H groups in total. The summed E-state index contributed by atoms with van der Waals surface area (Å²) in [6.45, 7) is 2.83. The minimum Gasteiger partial charge on any atom is -0.390 e. The molecule has 0 radical (unpaired) electrons.